The third kappa shape index (κ3) is 4.26. The summed E-state index contributed by atoms with van der Waals surface area (Å²) in [6.07, 6.45) is 0. The van der Waals surface area contributed by atoms with Gasteiger partial charge in [-0.2, -0.15) is 0 Å². The van der Waals surface area contributed by atoms with E-state index in [4.69, 9.17) is 9.26 Å². The minimum absolute atomic E-state index is 0.00308. The van der Waals surface area contributed by atoms with Gasteiger partial charge < -0.3 is 9.26 Å². The van der Waals surface area contributed by atoms with Gasteiger partial charge in [0.25, 0.3) is 0 Å². The Labute approximate surface area is 109 Å². The monoisotopic (exact) mass is 320 g/mol. The molecule has 0 bridgehead atoms. The fourth-order valence-corrected chi connectivity index (χ4v) is 2.75. The van der Waals surface area contributed by atoms with E-state index in [9.17, 15) is 9.36 Å². The lowest BCUT2D eigenvalue weighted by Crippen LogP contribution is -2.10. The van der Waals surface area contributed by atoms with Crippen LogP contribution < -0.4 is 10.0 Å². The fraction of sp³-hybridized carbons (Fsp3) is 0.364. The predicted molar refractivity (Wildman–Crippen MR) is 70.5 cm³/mol. The quantitative estimate of drug-likeness (QED) is 0.782. The lowest BCUT2D eigenvalue weighted by molar-refractivity contribution is -0.118. The highest BCUT2D eigenvalue weighted by molar-refractivity contribution is 9.10. The molecule has 1 aromatic rings. The molecule has 0 aliphatic rings. The Bertz CT molecular complexity index is 473. The normalized spacial score (nSPS) is 14.1. The number of ketones is 1. The summed E-state index contributed by atoms with van der Waals surface area (Å²) in [5.74, 6) is 0.418. The van der Waals surface area contributed by atoms with Crippen LogP contribution in [-0.4, -0.2) is 26.2 Å². The van der Waals surface area contributed by atoms with Gasteiger partial charge in [0.05, 0.1) is 0 Å². The number of halogens is 1. The summed E-state index contributed by atoms with van der Waals surface area (Å²) in [5.41, 5.74) is 0. The van der Waals surface area contributed by atoms with Gasteiger partial charge in [-0.05, 0) is 25.1 Å². The first-order valence-electron chi connectivity index (χ1n) is 4.92. The molecule has 1 unspecified atom stereocenters. The Morgan fingerprint density at radius 3 is 2.59 bits per heavy atom. The van der Waals surface area contributed by atoms with E-state index in [1.807, 2.05) is 0 Å². The maximum absolute atomic E-state index is 12.1. The first-order valence-corrected chi connectivity index (χ1v) is 7.78. The van der Waals surface area contributed by atoms with Crippen molar-refractivity contribution in [3.8, 4) is 5.75 Å². The van der Waals surface area contributed by atoms with Crippen molar-refractivity contribution in [3.63, 3.8) is 0 Å². The van der Waals surface area contributed by atoms with E-state index in [2.05, 4.69) is 15.9 Å². The molecule has 0 spiro atoms. The topological polar surface area (TPSA) is 52.6 Å². The Morgan fingerprint density at radius 2 is 2.06 bits per heavy atom. The molecular formula is C11H14BrO4P. The Hall–Kier alpha value is -0.640. The lowest BCUT2D eigenvalue weighted by Gasteiger charge is -2.13. The number of rotatable bonds is 5. The first kappa shape index (κ1) is 14.4. The molecule has 0 fully saturated rings. The Balaban J connectivity index is 3.02. The summed E-state index contributed by atoms with van der Waals surface area (Å²) < 4.78 is 23.0. The van der Waals surface area contributed by atoms with Gasteiger partial charge in [0.2, 0.25) is 7.37 Å². The van der Waals surface area contributed by atoms with Crippen molar-refractivity contribution in [3.05, 3.63) is 22.7 Å². The number of carbonyl (C=O) groups is 1. The summed E-state index contributed by atoms with van der Waals surface area (Å²) in [6, 6.07) is 5.05. The molecule has 17 heavy (non-hydrogen) atoms. The number of benzene rings is 1. The third-order valence-electron chi connectivity index (χ3n) is 2.12. The van der Waals surface area contributed by atoms with Crippen LogP contribution in [0.15, 0.2) is 22.7 Å². The van der Waals surface area contributed by atoms with Crippen LogP contribution in [0.25, 0.3) is 0 Å². The average molecular weight is 321 g/mol. The van der Waals surface area contributed by atoms with Crippen molar-refractivity contribution in [2.24, 2.45) is 0 Å². The van der Waals surface area contributed by atoms with Crippen LogP contribution in [0.3, 0.4) is 0 Å². The molecule has 6 heteroatoms. The van der Waals surface area contributed by atoms with Gasteiger partial charge in [-0.25, -0.2) is 0 Å². The summed E-state index contributed by atoms with van der Waals surface area (Å²) in [7, 11) is -1.42. The van der Waals surface area contributed by atoms with E-state index in [0.29, 0.717) is 11.1 Å². The second-order valence-electron chi connectivity index (χ2n) is 3.66. The fourth-order valence-electron chi connectivity index (χ4n) is 1.16. The van der Waals surface area contributed by atoms with Gasteiger partial charge in [0.15, 0.2) is 5.78 Å². The van der Waals surface area contributed by atoms with Crippen molar-refractivity contribution in [1.29, 1.82) is 0 Å². The van der Waals surface area contributed by atoms with Gasteiger partial charge in [-0.15, -0.1) is 0 Å². The smallest absolute Gasteiger partial charge is 0.229 e. The lowest BCUT2D eigenvalue weighted by atomic mass is 10.3. The molecule has 0 aromatic heterocycles. The summed E-state index contributed by atoms with van der Waals surface area (Å²) >= 11 is 3.30. The molecule has 0 N–H and O–H groups in total. The van der Waals surface area contributed by atoms with E-state index >= 15 is 0 Å². The van der Waals surface area contributed by atoms with Crippen molar-refractivity contribution in [2.45, 2.75) is 6.92 Å². The van der Waals surface area contributed by atoms with E-state index in [0.717, 1.165) is 4.47 Å². The van der Waals surface area contributed by atoms with Crippen molar-refractivity contribution in [2.75, 3.05) is 20.4 Å². The van der Waals surface area contributed by atoms with Crippen LogP contribution in [-0.2, 0) is 13.9 Å². The molecular weight excluding hydrogens is 307 g/mol. The maximum Gasteiger partial charge on any atom is 0.229 e. The zero-order valence-electron chi connectivity index (χ0n) is 9.90. The van der Waals surface area contributed by atoms with Crippen LogP contribution in [0.4, 0.5) is 0 Å². The molecule has 1 rings (SSSR count). The summed E-state index contributed by atoms with van der Waals surface area (Å²) in [4.78, 5) is 10.8. The number of ether oxygens (including phenoxy) is 1. The van der Waals surface area contributed by atoms with Crippen LogP contribution in [0.1, 0.15) is 6.92 Å². The van der Waals surface area contributed by atoms with Gasteiger partial charge in [-0.3, -0.25) is 9.36 Å². The number of Topliss-reactive ketones (excluding diaryl/α,β-unsaturated/α-hetero) is 1. The van der Waals surface area contributed by atoms with E-state index in [1.165, 1.54) is 20.7 Å². The van der Waals surface area contributed by atoms with Gasteiger partial charge >= 0.3 is 0 Å². The SMILES string of the molecule is COP(C)(=O)c1cc(Br)cc(OCC(C)=O)c1. The number of hydrogen-bond acceptors (Lipinski definition) is 4. The zero-order chi connectivity index (χ0) is 13.1. The van der Waals surface area contributed by atoms with Crippen LogP contribution in [0, 0.1) is 0 Å². The molecule has 94 valence electrons. The molecule has 0 aliphatic carbocycles. The van der Waals surface area contributed by atoms with Gasteiger partial charge in [0, 0.05) is 23.6 Å². The minimum atomic E-state index is -2.82. The van der Waals surface area contributed by atoms with E-state index in [-0.39, 0.29) is 12.4 Å². The van der Waals surface area contributed by atoms with Gasteiger partial charge in [-0.1, -0.05) is 15.9 Å². The Morgan fingerprint density at radius 1 is 1.41 bits per heavy atom. The van der Waals surface area contributed by atoms with E-state index < -0.39 is 7.37 Å². The first-order chi connectivity index (χ1) is 7.85. The Kier molecular flexibility index (Phi) is 4.92. The highest BCUT2D eigenvalue weighted by atomic mass is 79.9. The molecule has 1 aromatic carbocycles. The predicted octanol–water partition coefficient (Wildman–Crippen LogP) is 2.60. The van der Waals surface area contributed by atoms with Crippen LogP contribution in [0.5, 0.6) is 5.75 Å². The molecule has 0 saturated heterocycles. The molecule has 0 amide bonds. The zero-order valence-corrected chi connectivity index (χ0v) is 12.4. The standard InChI is InChI=1S/C11H14BrO4P/c1-8(13)7-16-10-4-9(12)5-11(6-10)17(3,14)15-2/h4-6H,7H2,1-3H3. The summed E-state index contributed by atoms with van der Waals surface area (Å²) in [5, 5.41) is 0.549. The molecule has 0 saturated carbocycles. The largest absolute Gasteiger partial charge is 0.486 e. The number of hydrogen-bond donors (Lipinski definition) is 0. The highest BCUT2D eigenvalue weighted by Crippen LogP contribution is 2.41. The second-order valence-corrected chi connectivity index (χ2v) is 7.15. The third-order valence-corrected chi connectivity index (χ3v) is 4.47. The van der Waals surface area contributed by atoms with Crippen molar-refractivity contribution in [1.82, 2.24) is 0 Å². The molecule has 0 radical (unpaired) electrons. The molecule has 1 atom stereocenters. The highest BCUT2D eigenvalue weighted by Gasteiger charge is 2.18. The molecule has 4 nitrogen and oxygen atoms in total. The van der Waals surface area contributed by atoms with E-state index in [1.54, 1.807) is 18.2 Å². The van der Waals surface area contributed by atoms with Crippen LogP contribution >= 0.6 is 23.3 Å². The molecule has 0 heterocycles. The van der Waals surface area contributed by atoms with Gasteiger partial charge in [0.1, 0.15) is 12.4 Å². The van der Waals surface area contributed by atoms with Crippen LogP contribution in [0.2, 0.25) is 0 Å². The van der Waals surface area contributed by atoms with Crippen molar-refractivity contribution >= 4 is 34.4 Å². The summed E-state index contributed by atoms with van der Waals surface area (Å²) in [6.45, 7) is 2.97. The van der Waals surface area contributed by atoms with Crippen molar-refractivity contribution < 1.29 is 18.6 Å². The number of carbonyl (C=O) groups excluding carboxylic acids is 1. The second kappa shape index (κ2) is 5.80. The molecule has 0 aliphatic heterocycles. The maximum atomic E-state index is 12.1. The minimum Gasteiger partial charge on any atom is -0.486 e. The average Bonchev–Trinajstić information content (AvgIpc) is 2.25.